The molecule has 0 radical (unpaired) electrons. The molecule has 108 valence electrons. The normalized spacial score (nSPS) is 23.8. The molecule has 1 aliphatic heterocycles. The third kappa shape index (κ3) is 4.22. The van der Waals surface area contributed by atoms with Crippen LogP contribution in [-0.4, -0.2) is 54.1 Å². The Morgan fingerprint density at radius 1 is 0.944 bits per heavy atom. The Bertz CT molecular complexity index is 212. The van der Waals surface area contributed by atoms with Gasteiger partial charge < -0.3 is 5.73 Å². The summed E-state index contributed by atoms with van der Waals surface area (Å²) in [6.07, 6.45) is 4.80. The van der Waals surface area contributed by atoms with Gasteiger partial charge >= 0.3 is 0 Å². The lowest BCUT2D eigenvalue weighted by Crippen LogP contribution is -2.56. The zero-order chi connectivity index (χ0) is 13.5. The van der Waals surface area contributed by atoms with E-state index in [0.717, 1.165) is 12.5 Å². The van der Waals surface area contributed by atoms with Crippen molar-refractivity contribution in [2.24, 2.45) is 5.73 Å². The van der Waals surface area contributed by atoms with E-state index in [2.05, 4.69) is 37.5 Å². The molecule has 0 aromatic carbocycles. The summed E-state index contributed by atoms with van der Waals surface area (Å²) >= 11 is 0. The van der Waals surface area contributed by atoms with Crippen LogP contribution in [0.1, 0.15) is 53.4 Å². The highest BCUT2D eigenvalue weighted by molar-refractivity contribution is 4.85. The summed E-state index contributed by atoms with van der Waals surface area (Å²) in [5, 5.41) is 0. The Kier molecular flexibility index (Phi) is 7.20. The van der Waals surface area contributed by atoms with Crippen LogP contribution < -0.4 is 5.73 Å². The number of nitrogens with zero attached hydrogens (tertiary/aromatic N) is 2. The molecule has 0 spiro atoms. The number of rotatable bonds is 7. The van der Waals surface area contributed by atoms with Gasteiger partial charge in [0.25, 0.3) is 0 Å². The molecule has 0 aromatic rings. The average Bonchev–Trinajstić information content (AvgIpc) is 2.40. The molecule has 18 heavy (non-hydrogen) atoms. The Morgan fingerprint density at radius 3 is 1.94 bits per heavy atom. The summed E-state index contributed by atoms with van der Waals surface area (Å²) in [7, 11) is 0. The predicted octanol–water partition coefficient (Wildman–Crippen LogP) is 2.31. The maximum absolute atomic E-state index is 6.34. The molecule has 3 heteroatoms. The Hall–Kier alpha value is -0.120. The number of hydrogen-bond acceptors (Lipinski definition) is 3. The third-order valence-corrected chi connectivity index (χ3v) is 4.57. The minimum atomic E-state index is 0.357. The second-order valence-electron chi connectivity index (χ2n) is 5.76. The molecule has 1 saturated heterocycles. The van der Waals surface area contributed by atoms with E-state index < -0.39 is 0 Å². The molecular weight excluding hydrogens is 222 g/mol. The first-order chi connectivity index (χ1) is 8.63. The molecular formula is C15H33N3. The minimum Gasteiger partial charge on any atom is -0.326 e. The van der Waals surface area contributed by atoms with Gasteiger partial charge in [0.05, 0.1) is 0 Å². The first kappa shape index (κ1) is 15.9. The molecule has 1 fully saturated rings. The summed E-state index contributed by atoms with van der Waals surface area (Å²) in [5.74, 6) is 0. The zero-order valence-electron chi connectivity index (χ0n) is 12.9. The van der Waals surface area contributed by atoms with Gasteiger partial charge in [-0.25, -0.2) is 0 Å². The number of nitrogens with two attached hydrogens (primary N) is 1. The van der Waals surface area contributed by atoms with Crippen molar-refractivity contribution in [1.29, 1.82) is 0 Å². The number of piperazine rings is 1. The predicted molar refractivity (Wildman–Crippen MR) is 79.9 cm³/mol. The second kappa shape index (κ2) is 8.13. The SMILES string of the molecule is CCCC(N)C(CC)N1CCN(C(C)CC)CC1. The van der Waals surface area contributed by atoms with Crippen LogP contribution >= 0.6 is 0 Å². The Balaban J connectivity index is 2.44. The molecule has 0 aliphatic carbocycles. The van der Waals surface area contributed by atoms with Gasteiger partial charge in [-0.2, -0.15) is 0 Å². The topological polar surface area (TPSA) is 32.5 Å². The van der Waals surface area contributed by atoms with E-state index in [1.165, 1.54) is 45.4 Å². The van der Waals surface area contributed by atoms with Crippen molar-refractivity contribution >= 4 is 0 Å². The summed E-state index contributed by atoms with van der Waals surface area (Å²) < 4.78 is 0. The first-order valence-corrected chi connectivity index (χ1v) is 7.87. The van der Waals surface area contributed by atoms with E-state index in [1.807, 2.05) is 0 Å². The molecule has 0 amide bonds. The van der Waals surface area contributed by atoms with Crippen LogP contribution in [0.15, 0.2) is 0 Å². The molecule has 0 saturated carbocycles. The smallest absolute Gasteiger partial charge is 0.0245 e. The van der Waals surface area contributed by atoms with Crippen LogP contribution in [0, 0.1) is 0 Å². The minimum absolute atomic E-state index is 0.357. The summed E-state index contributed by atoms with van der Waals surface area (Å²) in [5.41, 5.74) is 6.34. The summed E-state index contributed by atoms with van der Waals surface area (Å²) in [6, 6.07) is 1.68. The van der Waals surface area contributed by atoms with Gasteiger partial charge in [0.1, 0.15) is 0 Å². The molecule has 1 heterocycles. The highest BCUT2D eigenvalue weighted by Crippen LogP contribution is 2.16. The molecule has 3 nitrogen and oxygen atoms in total. The fraction of sp³-hybridized carbons (Fsp3) is 1.00. The van der Waals surface area contributed by atoms with E-state index in [-0.39, 0.29) is 0 Å². The molecule has 1 aliphatic rings. The summed E-state index contributed by atoms with van der Waals surface area (Å²) in [6.45, 7) is 13.9. The third-order valence-electron chi connectivity index (χ3n) is 4.57. The Labute approximate surface area is 114 Å². The van der Waals surface area contributed by atoms with E-state index in [4.69, 9.17) is 5.73 Å². The fourth-order valence-corrected chi connectivity index (χ4v) is 3.13. The van der Waals surface area contributed by atoms with Crippen molar-refractivity contribution in [3.05, 3.63) is 0 Å². The van der Waals surface area contributed by atoms with Gasteiger partial charge in [-0.05, 0) is 26.2 Å². The van der Waals surface area contributed by atoms with Gasteiger partial charge in [0, 0.05) is 44.3 Å². The van der Waals surface area contributed by atoms with E-state index in [1.54, 1.807) is 0 Å². The molecule has 3 unspecified atom stereocenters. The maximum atomic E-state index is 6.34. The van der Waals surface area contributed by atoms with Gasteiger partial charge in [0.15, 0.2) is 0 Å². The molecule has 2 N–H and O–H groups in total. The maximum Gasteiger partial charge on any atom is 0.0245 e. The lowest BCUT2D eigenvalue weighted by molar-refractivity contribution is 0.0611. The highest BCUT2D eigenvalue weighted by Gasteiger charge is 2.27. The van der Waals surface area contributed by atoms with Crippen molar-refractivity contribution in [2.45, 2.75) is 71.5 Å². The molecule has 3 atom stereocenters. The largest absolute Gasteiger partial charge is 0.326 e. The van der Waals surface area contributed by atoms with Crippen molar-refractivity contribution in [1.82, 2.24) is 9.80 Å². The van der Waals surface area contributed by atoms with Gasteiger partial charge in [0.2, 0.25) is 0 Å². The van der Waals surface area contributed by atoms with Crippen LogP contribution in [-0.2, 0) is 0 Å². The van der Waals surface area contributed by atoms with Gasteiger partial charge in [-0.1, -0.05) is 27.2 Å². The van der Waals surface area contributed by atoms with E-state index >= 15 is 0 Å². The first-order valence-electron chi connectivity index (χ1n) is 7.87. The highest BCUT2D eigenvalue weighted by atomic mass is 15.3. The second-order valence-corrected chi connectivity index (χ2v) is 5.76. The summed E-state index contributed by atoms with van der Waals surface area (Å²) in [4.78, 5) is 5.24. The van der Waals surface area contributed by atoms with Crippen LogP contribution in [0.2, 0.25) is 0 Å². The quantitative estimate of drug-likeness (QED) is 0.758. The van der Waals surface area contributed by atoms with Gasteiger partial charge in [-0.15, -0.1) is 0 Å². The Morgan fingerprint density at radius 2 is 1.50 bits per heavy atom. The van der Waals surface area contributed by atoms with E-state index in [9.17, 15) is 0 Å². The van der Waals surface area contributed by atoms with E-state index in [0.29, 0.717) is 12.1 Å². The van der Waals surface area contributed by atoms with Crippen LogP contribution in [0.25, 0.3) is 0 Å². The van der Waals surface area contributed by atoms with Crippen LogP contribution in [0.3, 0.4) is 0 Å². The molecule has 0 bridgehead atoms. The van der Waals surface area contributed by atoms with Crippen molar-refractivity contribution in [3.8, 4) is 0 Å². The van der Waals surface area contributed by atoms with Crippen molar-refractivity contribution < 1.29 is 0 Å². The average molecular weight is 255 g/mol. The van der Waals surface area contributed by atoms with Crippen LogP contribution in [0.4, 0.5) is 0 Å². The zero-order valence-corrected chi connectivity index (χ0v) is 12.9. The van der Waals surface area contributed by atoms with Crippen LogP contribution in [0.5, 0.6) is 0 Å². The lowest BCUT2D eigenvalue weighted by atomic mass is 9.99. The molecule has 0 aromatic heterocycles. The molecule has 1 rings (SSSR count). The fourth-order valence-electron chi connectivity index (χ4n) is 3.13. The van der Waals surface area contributed by atoms with Crippen molar-refractivity contribution in [3.63, 3.8) is 0 Å². The van der Waals surface area contributed by atoms with Gasteiger partial charge in [-0.3, -0.25) is 9.80 Å². The standard InChI is InChI=1S/C15H33N3/c1-5-8-14(16)15(7-3)18-11-9-17(10-12-18)13(4)6-2/h13-15H,5-12,16H2,1-4H3. The number of hydrogen-bond donors (Lipinski definition) is 1. The monoisotopic (exact) mass is 255 g/mol. The lowest BCUT2D eigenvalue weighted by Gasteiger charge is -2.43. The van der Waals surface area contributed by atoms with Crippen molar-refractivity contribution in [2.75, 3.05) is 26.2 Å².